The highest BCUT2D eigenvalue weighted by Crippen LogP contribution is 2.23. The zero-order valence-electron chi connectivity index (χ0n) is 16.0. The van der Waals surface area contributed by atoms with Crippen molar-refractivity contribution in [2.75, 3.05) is 36.6 Å². The van der Waals surface area contributed by atoms with Gasteiger partial charge >= 0.3 is 0 Å². The van der Waals surface area contributed by atoms with Gasteiger partial charge in [-0.25, -0.2) is 9.37 Å². The number of anilines is 5. The smallest absolute Gasteiger partial charge is 0.241 e. The van der Waals surface area contributed by atoms with E-state index in [2.05, 4.69) is 25.9 Å². The van der Waals surface area contributed by atoms with E-state index in [1.807, 2.05) is 6.07 Å². The van der Waals surface area contributed by atoms with Gasteiger partial charge in [0.05, 0.1) is 12.7 Å². The van der Waals surface area contributed by atoms with Gasteiger partial charge in [0, 0.05) is 37.2 Å². The highest BCUT2D eigenvalue weighted by atomic mass is 19.1. The molecule has 8 nitrogen and oxygen atoms in total. The van der Waals surface area contributed by atoms with Gasteiger partial charge in [0.1, 0.15) is 5.75 Å². The molecule has 1 aromatic heterocycles. The normalized spacial score (nSPS) is 10.3. The molecule has 3 rings (SSSR count). The van der Waals surface area contributed by atoms with E-state index in [9.17, 15) is 14.3 Å². The number of amides is 1. The molecule has 3 aromatic rings. The fourth-order valence-electron chi connectivity index (χ4n) is 2.41. The number of rotatable bonds is 7. The molecule has 0 atom stereocenters. The lowest BCUT2D eigenvalue weighted by Gasteiger charge is -2.13. The predicted molar refractivity (Wildman–Crippen MR) is 110 cm³/mol. The maximum atomic E-state index is 14.1. The highest BCUT2D eigenvalue weighted by Gasteiger charge is 2.09. The number of benzene rings is 2. The van der Waals surface area contributed by atoms with Gasteiger partial charge in [0.2, 0.25) is 11.9 Å². The fourth-order valence-corrected chi connectivity index (χ4v) is 2.41. The van der Waals surface area contributed by atoms with Gasteiger partial charge in [-0.2, -0.15) is 4.98 Å². The Morgan fingerprint density at radius 3 is 2.48 bits per heavy atom. The Hall–Kier alpha value is -3.88. The van der Waals surface area contributed by atoms with Crippen LogP contribution in [-0.2, 0) is 4.79 Å². The number of carbonyl (C=O) groups is 1. The SMILES string of the molecule is CN(C)C(=O)CNc1cccc(Nc2ncc(F)c(Nc3cccc(O)c3)n2)c1. The van der Waals surface area contributed by atoms with Crippen molar-refractivity contribution in [1.82, 2.24) is 14.9 Å². The summed E-state index contributed by atoms with van der Waals surface area (Å²) >= 11 is 0. The minimum absolute atomic E-state index is 0.0287. The van der Waals surface area contributed by atoms with E-state index >= 15 is 0 Å². The van der Waals surface area contributed by atoms with Gasteiger partial charge in [-0.15, -0.1) is 0 Å². The second-order valence-corrected chi connectivity index (χ2v) is 6.41. The van der Waals surface area contributed by atoms with Crippen molar-refractivity contribution in [3.05, 3.63) is 60.5 Å². The largest absolute Gasteiger partial charge is 0.508 e. The van der Waals surface area contributed by atoms with Crippen molar-refractivity contribution in [2.24, 2.45) is 0 Å². The molecule has 0 saturated carbocycles. The first-order valence-corrected chi connectivity index (χ1v) is 8.80. The van der Waals surface area contributed by atoms with Gasteiger partial charge < -0.3 is 26.0 Å². The molecule has 0 spiro atoms. The number of aromatic nitrogens is 2. The second kappa shape index (κ2) is 8.87. The molecule has 0 bridgehead atoms. The standard InChI is InChI=1S/C20H21FN6O2/c1-27(2)18(29)12-22-13-5-3-6-14(9-13)25-20-23-11-17(21)19(26-20)24-15-7-4-8-16(28)10-15/h3-11,22,28H,12H2,1-2H3,(H2,23,24,25,26). The lowest BCUT2D eigenvalue weighted by Crippen LogP contribution is -2.28. The molecule has 150 valence electrons. The van der Waals surface area contributed by atoms with Crippen LogP contribution in [0.1, 0.15) is 0 Å². The third kappa shape index (κ3) is 5.55. The number of hydrogen-bond acceptors (Lipinski definition) is 7. The van der Waals surface area contributed by atoms with Crippen LogP contribution in [0.2, 0.25) is 0 Å². The molecule has 0 unspecified atom stereocenters. The summed E-state index contributed by atoms with van der Waals surface area (Å²) in [6.07, 6.45) is 1.05. The number of nitrogens with one attached hydrogen (secondary N) is 3. The summed E-state index contributed by atoms with van der Waals surface area (Å²) in [5, 5.41) is 18.4. The molecule has 0 saturated heterocycles. The molecule has 9 heteroatoms. The van der Waals surface area contributed by atoms with Gasteiger partial charge in [0.15, 0.2) is 11.6 Å². The minimum atomic E-state index is -0.628. The first kappa shape index (κ1) is 19.9. The van der Waals surface area contributed by atoms with E-state index in [1.165, 1.54) is 17.0 Å². The number of likely N-dealkylation sites (N-methyl/N-ethyl adjacent to an activating group) is 1. The lowest BCUT2D eigenvalue weighted by atomic mass is 10.2. The number of phenolic OH excluding ortho intramolecular Hbond substituents is 1. The van der Waals surface area contributed by atoms with E-state index < -0.39 is 5.82 Å². The second-order valence-electron chi connectivity index (χ2n) is 6.41. The first-order valence-electron chi connectivity index (χ1n) is 8.80. The minimum Gasteiger partial charge on any atom is -0.508 e. The monoisotopic (exact) mass is 396 g/mol. The molecule has 4 N–H and O–H groups in total. The summed E-state index contributed by atoms with van der Waals surface area (Å²) in [6, 6.07) is 13.5. The topological polar surface area (TPSA) is 102 Å². The van der Waals surface area contributed by atoms with Crippen LogP contribution in [0.25, 0.3) is 0 Å². The average Bonchev–Trinajstić information content (AvgIpc) is 2.69. The molecule has 0 aliphatic heterocycles. The molecular weight excluding hydrogens is 375 g/mol. The lowest BCUT2D eigenvalue weighted by molar-refractivity contribution is -0.126. The molecule has 29 heavy (non-hydrogen) atoms. The van der Waals surface area contributed by atoms with Crippen molar-refractivity contribution >= 4 is 34.7 Å². The fraction of sp³-hybridized carbons (Fsp3) is 0.150. The number of phenols is 1. The zero-order chi connectivity index (χ0) is 20.8. The predicted octanol–water partition coefficient (Wildman–Crippen LogP) is 3.31. The molecule has 2 aromatic carbocycles. The number of hydrogen-bond donors (Lipinski definition) is 4. The Morgan fingerprint density at radius 2 is 1.76 bits per heavy atom. The maximum Gasteiger partial charge on any atom is 0.241 e. The van der Waals surface area contributed by atoms with E-state index in [0.717, 1.165) is 11.9 Å². The Morgan fingerprint density at radius 1 is 1.07 bits per heavy atom. The van der Waals surface area contributed by atoms with Crippen molar-refractivity contribution in [2.45, 2.75) is 0 Å². The van der Waals surface area contributed by atoms with Gasteiger partial charge in [0.25, 0.3) is 0 Å². The van der Waals surface area contributed by atoms with Crippen LogP contribution in [0, 0.1) is 5.82 Å². The third-order valence-electron chi connectivity index (χ3n) is 3.91. The van der Waals surface area contributed by atoms with E-state index in [0.29, 0.717) is 11.4 Å². The first-order chi connectivity index (χ1) is 13.9. The maximum absolute atomic E-state index is 14.1. The van der Waals surface area contributed by atoms with Crippen LogP contribution in [0.5, 0.6) is 5.75 Å². The van der Waals surface area contributed by atoms with Crippen molar-refractivity contribution < 1.29 is 14.3 Å². The summed E-state index contributed by atoms with van der Waals surface area (Å²) in [5.74, 6) is -0.459. The molecule has 0 aliphatic rings. The molecule has 0 radical (unpaired) electrons. The van der Waals surface area contributed by atoms with Crippen LogP contribution in [0.4, 0.5) is 33.2 Å². The average molecular weight is 396 g/mol. The van der Waals surface area contributed by atoms with Crippen LogP contribution >= 0.6 is 0 Å². The van der Waals surface area contributed by atoms with E-state index in [-0.39, 0.29) is 30.0 Å². The van der Waals surface area contributed by atoms with Crippen LogP contribution < -0.4 is 16.0 Å². The van der Waals surface area contributed by atoms with Gasteiger partial charge in [-0.1, -0.05) is 12.1 Å². The van der Waals surface area contributed by atoms with Crippen LogP contribution in [0.3, 0.4) is 0 Å². The number of aromatic hydroxyl groups is 1. The van der Waals surface area contributed by atoms with Gasteiger partial charge in [-0.3, -0.25) is 4.79 Å². The molecule has 1 amide bonds. The summed E-state index contributed by atoms with van der Waals surface area (Å²) in [6.45, 7) is 0.168. The molecule has 0 aliphatic carbocycles. The number of nitrogens with zero attached hydrogens (tertiary/aromatic N) is 3. The van der Waals surface area contributed by atoms with Crippen molar-refractivity contribution in [3.8, 4) is 5.75 Å². The number of halogens is 1. The summed E-state index contributed by atoms with van der Waals surface area (Å²) in [7, 11) is 3.38. The molecule has 0 fully saturated rings. The van der Waals surface area contributed by atoms with Gasteiger partial charge in [-0.05, 0) is 30.3 Å². The van der Waals surface area contributed by atoms with Crippen molar-refractivity contribution in [1.29, 1.82) is 0 Å². The Labute approximate surface area is 167 Å². The quantitative estimate of drug-likeness (QED) is 0.486. The number of carbonyl (C=O) groups excluding carboxylic acids is 1. The Balaban J connectivity index is 1.72. The van der Waals surface area contributed by atoms with E-state index in [4.69, 9.17) is 0 Å². The Bertz CT molecular complexity index is 1010. The summed E-state index contributed by atoms with van der Waals surface area (Å²) in [5.41, 5.74) is 1.90. The van der Waals surface area contributed by atoms with Crippen molar-refractivity contribution in [3.63, 3.8) is 0 Å². The Kier molecular flexibility index (Phi) is 6.08. The third-order valence-corrected chi connectivity index (χ3v) is 3.91. The van der Waals surface area contributed by atoms with Crippen LogP contribution in [-0.4, -0.2) is 46.5 Å². The summed E-state index contributed by atoms with van der Waals surface area (Å²) < 4.78 is 14.1. The summed E-state index contributed by atoms with van der Waals surface area (Å²) in [4.78, 5) is 21.3. The highest BCUT2D eigenvalue weighted by molar-refractivity contribution is 5.80. The zero-order valence-corrected chi connectivity index (χ0v) is 16.0. The molecule has 1 heterocycles. The van der Waals surface area contributed by atoms with E-state index in [1.54, 1.807) is 44.4 Å². The van der Waals surface area contributed by atoms with Crippen LogP contribution in [0.15, 0.2) is 54.7 Å². The molecular formula is C20H21FN6O2.